The van der Waals surface area contributed by atoms with E-state index in [1.807, 2.05) is 48.5 Å². The molecule has 6 aromatic rings. The number of aromatic nitrogens is 2. The number of thiophene rings is 2. The Morgan fingerprint density at radius 2 is 0.891 bits per heavy atom. The standard InChI is InChI=1S/C32H24F2N4O4S4/c1-39-31(33,40-2)19-9-5-17(6-10-19)21-13-15-23(43-21)25-27-29(37-45-35-27)26(30-28(25)36-46-38-30)24-16-14-22(44-24)18-7-11-20(12-8-18)32(34,41-3)42-4/h5-16H,1-4H3. The number of hydrogen-bond acceptors (Lipinski definition) is 11. The molecular weight excluding hydrogens is 671 g/mol. The highest BCUT2D eigenvalue weighted by atomic mass is 32.1. The summed E-state index contributed by atoms with van der Waals surface area (Å²) in [6.45, 7) is 0. The molecule has 3 aromatic carbocycles. The summed E-state index contributed by atoms with van der Waals surface area (Å²) in [5.41, 5.74) is 7.16. The molecular formula is C32H24F2N4O4S4. The van der Waals surface area contributed by atoms with Crippen LogP contribution in [0.15, 0.2) is 81.5 Å². The SMILES string of the molecule is COC(F)(OC)c1ccc(-c2ccc(-c3c4c(c(-c5ccc(-c6ccc(C(F)(OC)OC)cc6)s5)c5nsnc35)N=S=N4)s2)cc1. The number of nitrogens with zero attached hydrogens (tertiary/aromatic N) is 4. The second-order valence-electron chi connectivity index (χ2n) is 10.0. The lowest BCUT2D eigenvalue weighted by Crippen LogP contribution is -2.24. The van der Waals surface area contributed by atoms with Crippen LogP contribution in [0.2, 0.25) is 0 Å². The lowest BCUT2D eigenvalue weighted by atomic mass is 10.0. The first-order valence-corrected chi connectivity index (χ1v) is 16.8. The van der Waals surface area contributed by atoms with Crippen LogP contribution in [0.3, 0.4) is 0 Å². The third kappa shape index (κ3) is 5.15. The minimum absolute atomic E-state index is 0.270. The molecule has 7 rings (SSSR count). The molecule has 0 saturated carbocycles. The number of ether oxygens (including phenoxy) is 4. The van der Waals surface area contributed by atoms with Gasteiger partial charge in [-0.05, 0) is 59.7 Å². The molecule has 0 bridgehead atoms. The number of fused-ring (bicyclic) bond motifs is 2. The van der Waals surface area contributed by atoms with Gasteiger partial charge in [0.15, 0.2) is 0 Å². The first-order chi connectivity index (χ1) is 22.3. The van der Waals surface area contributed by atoms with E-state index in [2.05, 4.69) is 0 Å². The Morgan fingerprint density at radius 3 is 1.26 bits per heavy atom. The van der Waals surface area contributed by atoms with E-state index in [1.54, 1.807) is 46.9 Å². The van der Waals surface area contributed by atoms with Crippen LogP contribution >= 0.6 is 34.4 Å². The normalized spacial score (nSPS) is 13.0. The van der Waals surface area contributed by atoms with Crippen LogP contribution in [0.25, 0.3) is 52.8 Å². The van der Waals surface area contributed by atoms with Gasteiger partial charge in [0.1, 0.15) is 22.4 Å². The monoisotopic (exact) mass is 694 g/mol. The zero-order valence-electron chi connectivity index (χ0n) is 24.7. The Hall–Kier alpha value is -3.60. The average Bonchev–Trinajstić information content (AvgIpc) is 3.94. The lowest BCUT2D eigenvalue weighted by molar-refractivity contribution is -0.304. The number of benzene rings is 3. The fourth-order valence-corrected chi connectivity index (χ4v) is 8.52. The van der Waals surface area contributed by atoms with Crippen LogP contribution in [0, 0.1) is 0 Å². The minimum atomic E-state index is -2.31. The van der Waals surface area contributed by atoms with Crippen LogP contribution < -0.4 is 0 Å². The fraction of sp³-hybridized carbons (Fsp3) is 0.188. The molecule has 1 aliphatic rings. The van der Waals surface area contributed by atoms with E-state index in [9.17, 15) is 8.78 Å². The van der Waals surface area contributed by atoms with Crippen molar-refractivity contribution in [2.45, 2.75) is 12.1 Å². The molecule has 234 valence electrons. The van der Waals surface area contributed by atoms with E-state index in [0.717, 1.165) is 87.3 Å². The van der Waals surface area contributed by atoms with Gasteiger partial charge < -0.3 is 18.9 Å². The second-order valence-corrected chi connectivity index (χ2v) is 13.3. The van der Waals surface area contributed by atoms with Crippen molar-refractivity contribution < 1.29 is 27.7 Å². The summed E-state index contributed by atoms with van der Waals surface area (Å²) in [4.78, 5) is 3.93. The molecule has 0 unspecified atom stereocenters. The van der Waals surface area contributed by atoms with Gasteiger partial charge in [0.2, 0.25) is 0 Å². The van der Waals surface area contributed by atoms with Crippen LogP contribution in [0.4, 0.5) is 20.2 Å². The van der Waals surface area contributed by atoms with Crippen molar-refractivity contribution in [3.63, 3.8) is 0 Å². The maximum absolute atomic E-state index is 14.8. The van der Waals surface area contributed by atoms with Crippen LogP contribution in [-0.4, -0.2) is 37.2 Å². The molecule has 0 atom stereocenters. The van der Waals surface area contributed by atoms with Gasteiger partial charge in [0.25, 0.3) is 0 Å². The van der Waals surface area contributed by atoms with E-state index >= 15 is 0 Å². The predicted octanol–water partition coefficient (Wildman–Crippen LogP) is 9.95. The highest BCUT2D eigenvalue weighted by molar-refractivity contribution is 7.58. The summed E-state index contributed by atoms with van der Waals surface area (Å²) in [6, 6.07) is 17.5. The molecule has 1 aliphatic heterocycles. The van der Waals surface area contributed by atoms with Gasteiger partial charge in [-0.1, -0.05) is 24.3 Å². The number of halogens is 2. The third-order valence-electron chi connectivity index (χ3n) is 7.71. The number of alkyl halides is 2. The van der Waals surface area contributed by atoms with Crippen LogP contribution in [-0.2, 0) is 42.4 Å². The molecule has 0 fully saturated rings. The molecule has 4 heterocycles. The van der Waals surface area contributed by atoms with Crippen molar-refractivity contribution in [2.75, 3.05) is 28.4 Å². The van der Waals surface area contributed by atoms with Gasteiger partial charge in [0, 0.05) is 70.2 Å². The highest BCUT2D eigenvalue weighted by Crippen LogP contribution is 2.54. The summed E-state index contributed by atoms with van der Waals surface area (Å²) in [7, 11) is 5.04. The molecule has 0 radical (unpaired) electrons. The van der Waals surface area contributed by atoms with Crippen molar-refractivity contribution in [2.24, 2.45) is 8.73 Å². The van der Waals surface area contributed by atoms with Gasteiger partial charge in [-0.2, -0.15) is 26.3 Å². The van der Waals surface area contributed by atoms with Gasteiger partial charge >= 0.3 is 12.1 Å². The fourth-order valence-electron chi connectivity index (χ4n) is 5.28. The van der Waals surface area contributed by atoms with E-state index in [-0.39, 0.29) is 11.1 Å². The molecule has 0 spiro atoms. The highest BCUT2D eigenvalue weighted by Gasteiger charge is 2.33. The first kappa shape index (κ1) is 31.0. The zero-order chi connectivity index (χ0) is 32.1. The van der Waals surface area contributed by atoms with E-state index < -0.39 is 12.1 Å². The Bertz CT molecular complexity index is 1980. The van der Waals surface area contributed by atoms with Gasteiger partial charge in [-0.3, -0.25) is 0 Å². The van der Waals surface area contributed by atoms with Crippen molar-refractivity contribution in [1.29, 1.82) is 0 Å². The molecule has 0 amide bonds. The Morgan fingerprint density at radius 1 is 0.522 bits per heavy atom. The number of hydrogen-bond donors (Lipinski definition) is 0. The van der Waals surface area contributed by atoms with E-state index in [1.165, 1.54) is 28.4 Å². The quantitative estimate of drug-likeness (QED) is 0.133. The van der Waals surface area contributed by atoms with E-state index in [0.29, 0.717) is 0 Å². The van der Waals surface area contributed by atoms with Crippen molar-refractivity contribution in [3.8, 4) is 41.8 Å². The van der Waals surface area contributed by atoms with Crippen molar-refractivity contribution >= 4 is 68.2 Å². The molecule has 8 nitrogen and oxygen atoms in total. The molecule has 3 aromatic heterocycles. The van der Waals surface area contributed by atoms with Crippen molar-refractivity contribution in [3.05, 3.63) is 83.9 Å². The minimum Gasteiger partial charge on any atom is -0.323 e. The second kappa shape index (κ2) is 12.2. The smallest absolute Gasteiger partial charge is 0.323 e. The molecule has 0 N–H and O–H groups in total. The summed E-state index contributed by atoms with van der Waals surface area (Å²) in [5.74, 6) is 0. The molecule has 14 heteroatoms. The zero-order valence-corrected chi connectivity index (χ0v) is 28.0. The number of rotatable bonds is 10. The maximum atomic E-state index is 14.8. The predicted molar refractivity (Wildman–Crippen MR) is 180 cm³/mol. The maximum Gasteiger partial charge on any atom is 0.348 e. The number of methoxy groups -OCH3 is 4. The molecule has 0 saturated heterocycles. The van der Waals surface area contributed by atoms with Gasteiger partial charge in [-0.15, -0.1) is 22.7 Å². The largest absolute Gasteiger partial charge is 0.348 e. The summed E-state index contributed by atoms with van der Waals surface area (Å²) >= 11 is 5.46. The average molecular weight is 695 g/mol. The lowest BCUT2D eigenvalue weighted by Gasteiger charge is -2.21. The summed E-state index contributed by atoms with van der Waals surface area (Å²) in [5, 5.41) is 0. The third-order valence-corrected chi connectivity index (χ3v) is 11.1. The topological polar surface area (TPSA) is 87.4 Å². The first-order valence-electron chi connectivity index (χ1n) is 13.7. The van der Waals surface area contributed by atoms with Crippen LogP contribution in [0.1, 0.15) is 11.1 Å². The van der Waals surface area contributed by atoms with E-state index in [4.69, 9.17) is 36.4 Å². The Labute approximate surface area is 278 Å². The van der Waals surface area contributed by atoms with Gasteiger partial charge in [0.05, 0.1) is 23.1 Å². The Kier molecular flexibility index (Phi) is 8.23. The van der Waals surface area contributed by atoms with Crippen LogP contribution in [0.5, 0.6) is 0 Å². The summed E-state index contributed by atoms with van der Waals surface area (Å²) < 4.78 is 68.1. The molecule has 46 heavy (non-hydrogen) atoms. The summed E-state index contributed by atoms with van der Waals surface area (Å²) in [6.07, 6.45) is 0. The van der Waals surface area contributed by atoms with Crippen molar-refractivity contribution in [1.82, 2.24) is 8.75 Å². The molecule has 0 aliphatic carbocycles. The van der Waals surface area contributed by atoms with Gasteiger partial charge in [-0.25, -0.2) is 0 Å². The Balaban J connectivity index is 1.25.